The largest absolute Gasteiger partial charge is 0.462 e. The summed E-state index contributed by atoms with van der Waals surface area (Å²) in [5, 5.41) is 11.2. The van der Waals surface area contributed by atoms with Crippen molar-refractivity contribution < 1.29 is 47.9 Å². The van der Waals surface area contributed by atoms with Crippen LogP contribution in [0.3, 0.4) is 0 Å². The van der Waals surface area contributed by atoms with E-state index in [0.717, 1.165) is 5.57 Å². The Morgan fingerprint density at radius 3 is 2.43 bits per heavy atom. The molecule has 2 aliphatic carbocycles. The van der Waals surface area contributed by atoms with Gasteiger partial charge in [0, 0.05) is 31.4 Å². The summed E-state index contributed by atoms with van der Waals surface area (Å²) in [4.78, 5) is 37.7. The average Bonchev–Trinajstić information content (AvgIpc) is 3.74. The molecule has 0 radical (unpaired) electrons. The quantitative estimate of drug-likeness (QED) is 0.368. The highest BCUT2D eigenvalue weighted by molar-refractivity contribution is 5.91. The molecule has 6 aliphatic rings. The molecule has 5 fully saturated rings. The number of cyclic esters (lactones) is 1. The maximum Gasteiger partial charge on any atom is 0.331 e. The van der Waals surface area contributed by atoms with Crippen molar-refractivity contribution in [1.82, 2.24) is 0 Å². The van der Waals surface area contributed by atoms with Crippen molar-refractivity contribution in [1.29, 1.82) is 0 Å². The van der Waals surface area contributed by atoms with Gasteiger partial charge in [-0.05, 0) is 19.9 Å². The van der Waals surface area contributed by atoms with Crippen molar-refractivity contribution in [3.8, 4) is 0 Å². The van der Waals surface area contributed by atoms with Crippen LogP contribution in [0.4, 0.5) is 0 Å². The normalized spacial score (nSPS) is 52.4. The van der Waals surface area contributed by atoms with E-state index in [-0.39, 0.29) is 31.5 Å². The summed E-state index contributed by atoms with van der Waals surface area (Å²) in [6.45, 7) is 5.82. The van der Waals surface area contributed by atoms with E-state index in [9.17, 15) is 19.5 Å². The number of carbonyl (C=O) groups excluding carboxylic acids is 3. The van der Waals surface area contributed by atoms with Crippen LogP contribution in [0.25, 0.3) is 0 Å². The third-order valence-corrected chi connectivity index (χ3v) is 9.35. The van der Waals surface area contributed by atoms with Crippen molar-refractivity contribution in [2.75, 3.05) is 19.8 Å². The molecule has 37 heavy (non-hydrogen) atoms. The number of fused-ring (bicyclic) bond motifs is 2. The SMILES string of the molecule is C/C1=C/C(=O)CO[C@]23C[C@@H](O)[C@@]4(C)O[C@H]4[C@H]2O[C@@H]2C[C@@H](OC(=O)/C=C\C=C\C(=O)OCC1)[C@@]3(C)[C@@]21CO1. The van der Waals surface area contributed by atoms with E-state index < -0.39 is 58.6 Å². The number of aliphatic hydroxyl groups excluding tert-OH is 1. The number of ether oxygens (including phenoxy) is 6. The Labute approximate surface area is 214 Å². The van der Waals surface area contributed by atoms with Gasteiger partial charge in [0.25, 0.3) is 0 Å². The average molecular weight is 517 g/mol. The highest BCUT2D eigenvalue weighted by Gasteiger charge is 2.88. The molecule has 9 atom stereocenters. The van der Waals surface area contributed by atoms with Gasteiger partial charge in [-0.1, -0.05) is 24.6 Å². The van der Waals surface area contributed by atoms with Gasteiger partial charge in [-0.3, -0.25) is 4.79 Å². The third-order valence-electron chi connectivity index (χ3n) is 9.35. The molecule has 0 amide bonds. The number of allylic oxidation sites excluding steroid dienone is 2. The van der Waals surface area contributed by atoms with Crippen molar-refractivity contribution >= 4 is 17.7 Å². The Bertz CT molecular complexity index is 1120. The number of ketones is 1. The fourth-order valence-electron chi connectivity index (χ4n) is 7.03. The van der Waals surface area contributed by atoms with E-state index in [0.29, 0.717) is 19.4 Å². The molecule has 0 aromatic heterocycles. The summed E-state index contributed by atoms with van der Waals surface area (Å²) < 4.78 is 36.2. The minimum atomic E-state index is -1.20. The number of rotatable bonds is 0. The van der Waals surface area contributed by atoms with Crippen LogP contribution >= 0.6 is 0 Å². The van der Waals surface area contributed by atoms with Gasteiger partial charge in [0.15, 0.2) is 5.78 Å². The van der Waals surface area contributed by atoms with Crippen LogP contribution in [-0.2, 0) is 42.8 Å². The van der Waals surface area contributed by atoms with E-state index >= 15 is 0 Å². The van der Waals surface area contributed by atoms with Crippen LogP contribution in [0.1, 0.15) is 40.0 Å². The number of carbonyl (C=O) groups is 3. The van der Waals surface area contributed by atoms with Gasteiger partial charge in [0.05, 0.1) is 30.8 Å². The second kappa shape index (κ2) is 8.31. The first-order valence-corrected chi connectivity index (χ1v) is 12.8. The van der Waals surface area contributed by atoms with E-state index in [1.807, 2.05) is 13.8 Å². The minimum Gasteiger partial charge on any atom is -0.462 e. The maximum absolute atomic E-state index is 13.0. The molecule has 10 heteroatoms. The van der Waals surface area contributed by atoms with Crippen LogP contribution in [0.15, 0.2) is 36.0 Å². The number of esters is 2. The molecule has 0 aromatic rings. The Morgan fingerprint density at radius 2 is 1.70 bits per heavy atom. The molecule has 4 aliphatic heterocycles. The summed E-state index contributed by atoms with van der Waals surface area (Å²) in [6.07, 6.45) is 4.76. The monoisotopic (exact) mass is 516 g/mol. The molecule has 2 saturated carbocycles. The molecule has 10 nitrogen and oxygen atoms in total. The second-order valence-electron chi connectivity index (χ2n) is 11.3. The zero-order chi connectivity index (χ0) is 26.2. The summed E-state index contributed by atoms with van der Waals surface area (Å²) in [6, 6.07) is 0. The highest BCUT2D eigenvalue weighted by atomic mass is 16.7. The van der Waals surface area contributed by atoms with Gasteiger partial charge in [-0.2, -0.15) is 0 Å². The molecule has 0 aromatic carbocycles. The molecule has 200 valence electrons. The molecule has 6 rings (SSSR count). The molecular weight excluding hydrogens is 484 g/mol. The Hall–Kier alpha value is -2.37. The summed E-state index contributed by atoms with van der Waals surface area (Å²) in [5.41, 5.74) is -2.91. The summed E-state index contributed by atoms with van der Waals surface area (Å²) >= 11 is 0. The topological polar surface area (TPSA) is 133 Å². The summed E-state index contributed by atoms with van der Waals surface area (Å²) in [7, 11) is 0. The predicted molar refractivity (Wildman–Crippen MR) is 125 cm³/mol. The number of hydrogen-bond acceptors (Lipinski definition) is 10. The van der Waals surface area contributed by atoms with Gasteiger partial charge < -0.3 is 33.5 Å². The van der Waals surface area contributed by atoms with Crippen LogP contribution in [0.2, 0.25) is 0 Å². The lowest BCUT2D eigenvalue weighted by Crippen LogP contribution is -2.75. The van der Waals surface area contributed by atoms with Crippen LogP contribution in [0, 0.1) is 5.41 Å². The van der Waals surface area contributed by atoms with Gasteiger partial charge in [-0.25, -0.2) is 9.59 Å². The predicted octanol–water partition coefficient (Wildman–Crippen LogP) is 1.10. The van der Waals surface area contributed by atoms with E-state index in [4.69, 9.17) is 28.4 Å². The van der Waals surface area contributed by atoms with Gasteiger partial charge in [-0.15, -0.1) is 0 Å². The molecule has 2 bridgehead atoms. The van der Waals surface area contributed by atoms with Gasteiger partial charge in [0.1, 0.15) is 41.7 Å². The van der Waals surface area contributed by atoms with Crippen molar-refractivity contribution in [3.05, 3.63) is 36.0 Å². The zero-order valence-corrected chi connectivity index (χ0v) is 21.1. The zero-order valence-electron chi connectivity index (χ0n) is 21.1. The fourth-order valence-corrected chi connectivity index (χ4v) is 7.03. The minimum absolute atomic E-state index is 0.107. The molecule has 4 heterocycles. The molecule has 2 spiro atoms. The fraction of sp³-hybridized carbons (Fsp3) is 0.667. The van der Waals surface area contributed by atoms with Crippen LogP contribution in [-0.4, -0.2) is 90.0 Å². The first kappa shape index (κ1) is 24.9. The van der Waals surface area contributed by atoms with Crippen molar-refractivity contribution in [3.63, 3.8) is 0 Å². The number of epoxide rings is 2. The summed E-state index contributed by atoms with van der Waals surface area (Å²) in [5.74, 6) is -1.43. The van der Waals surface area contributed by atoms with E-state index in [1.54, 1.807) is 6.92 Å². The third kappa shape index (κ3) is 3.53. The first-order valence-electron chi connectivity index (χ1n) is 12.8. The second-order valence-corrected chi connectivity index (χ2v) is 11.3. The van der Waals surface area contributed by atoms with E-state index in [2.05, 4.69) is 0 Å². The van der Waals surface area contributed by atoms with Crippen LogP contribution in [0.5, 0.6) is 0 Å². The van der Waals surface area contributed by atoms with Crippen molar-refractivity contribution in [2.45, 2.75) is 87.4 Å². The highest BCUT2D eigenvalue weighted by Crippen LogP contribution is 2.72. The lowest BCUT2D eigenvalue weighted by molar-refractivity contribution is -0.295. The maximum atomic E-state index is 13.0. The molecule has 0 unspecified atom stereocenters. The van der Waals surface area contributed by atoms with Crippen molar-refractivity contribution in [2.24, 2.45) is 5.41 Å². The lowest BCUT2D eigenvalue weighted by Gasteiger charge is -2.59. The smallest absolute Gasteiger partial charge is 0.331 e. The standard InChI is InChI=1S/C27H32O10/c1-15-8-9-32-20(30)6-4-5-7-21(31)35-18-11-19-27(14-34-27)25(18,3)26(33-13-16(28)10-15)12-17(29)24(2)22(37-24)23(26)36-19/h4-7,10,17-19,22-23,29H,8-9,11-14H2,1-3H3/b6-4+,7-5-,15-10-/t17-,18-,19-,22+,23-,24-,25-,26-,27-/m1/s1. The molecule has 3 saturated heterocycles. The number of hydrogen-bond donors (Lipinski definition) is 1. The number of aliphatic hydroxyl groups is 1. The Balaban J connectivity index is 1.40. The molecule has 1 N–H and O–H groups in total. The van der Waals surface area contributed by atoms with Crippen LogP contribution < -0.4 is 0 Å². The lowest BCUT2D eigenvalue weighted by atomic mass is 9.55. The Kier molecular flexibility index (Phi) is 5.60. The van der Waals surface area contributed by atoms with E-state index in [1.165, 1.54) is 30.4 Å². The molecular formula is C27H32O10. The first-order chi connectivity index (χ1) is 17.6. The van der Waals surface area contributed by atoms with Gasteiger partial charge in [0.2, 0.25) is 0 Å². The van der Waals surface area contributed by atoms with Gasteiger partial charge >= 0.3 is 11.9 Å². The Morgan fingerprint density at radius 1 is 0.973 bits per heavy atom.